The van der Waals surface area contributed by atoms with Crippen molar-refractivity contribution in [1.82, 2.24) is 4.98 Å². The fourth-order valence-electron chi connectivity index (χ4n) is 1.90. The van der Waals surface area contributed by atoms with Crippen LogP contribution in [-0.4, -0.2) is 22.1 Å². The Morgan fingerprint density at radius 2 is 2.06 bits per heavy atom. The molecule has 0 saturated heterocycles. The van der Waals surface area contributed by atoms with Crippen LogP contribution >= 0.6 is 0 Å². The second-order valence-electron chi connectivity index (χ2n) is 4.39. The molecular weight excluding hydrogens is 228 g/mol. The lowest BCUT2D eigenvalue weighted by molar-refractivity contribution is -0.137. The van der Waals surface area contributed by atoms with Gasteiger partial charge in [-0.25, -0.2) is 0 Å². The van der Waals surface area contributed by atoms with Gasteiger partial charge in [-0.15, -0.1) is 0 Å². The molecule has 0 aliphatic carbocycles. The topological polar surface area (TPSA) is 76.2 Å². The van der Waals surface area contributed by atoms with E-state index in [1.54, 1.807) is 0 Å². The van der Waals surface area contributed by atoms with Gasteiger partial charge in [0.1, 0.15) is 0 Å². The molecule has 94 valence electrons. The van der Waals surface area contributed by atoms with Gasteiger partial charge >= 0.3 is 5.97 Å². The minimum atomic E-state index is -0.808. The predicted molar refractivity (Wildman–Crippen MR) is 70.3 cm³/mol. The summed E-state index contributed by atoms with van der Waals surface area (Å²) in [5.41, 5.74) is 7.75. The Morgan fingerprint density at radius 1 is 1.28 bits per heavy atom. The number of aliphatic carboxylic acids is 1. The maximum absolute atomic E-state index is 10.5. The number of nitrogens with two attached hydrogens (primary N) is 1. The van der Waals surface area contributed by atoms with Crippen molar-refractivity contribution >= 4 is 16.9 Å². The number of rotatable bonds is 5. The van der Waals surface area contributed by atoms with Crippen molar-refractivity contribution in [1.29, 1.82) is 0 Å². The number of carbonyl (C=O) groups is 1. The maximum Gasteiger partial charge on any atom is 0.303 e. The highest BCUT2D eigenvalue weighted by molar-refractivity contribution is 5.78. The minimum Gasteiger partial charge on any atom is -0.481 e. The summed E-state index contributed by atoms with van der Waals surface area (Å²) < 4.78 is 0. The van der Waals surface area contributed by atoms with Crippen LogP contribution in [0.15, 0.2) is 36.4 Å². The summed E-state index contributed by atoms with van der Waals surface area (Å²) in [5, 5.41) is 9.70. The molecule has 0 fully saturated rings. The van der Waals surface area contributed by atoms with Crippen LogP contribution in [0.1, 0.15) is 18.5 Å². The molecule has 0 amide bonds. The Morgan fingerprint density at radius 3 is 2.83 bits per heavy atom. The maximum atomic E-state index is 10.5. The Hall–Kier alpha value is -1.94. The van der Waals surface area contributed by atoms with Crippen LogP contribution in [0.2, 0.25) is 0 Å². The van der Waals surface area contributed by atoms with E-state index in [0.717, 1.165) is 16.6 Å². The average molecular weight is 244 g/mol. The number of carboxylic acid groups (broad SMARTS) is 1. The van der Waals surface area contributed by atoms with Crippen LogP contribution in [0.3, 0.4) is 0 Å². The Balaban J connectivity index is 2.05. The van der Waals surface area contributed by atoms with Gasteiger partial charge in [-0.2, -0.15) is 0 Å². The molecule has 1 unspecified atom stereocenters. The summed E-state index contributed by atoms with van der Waals surface area (Å²) in [4.78, 5) is 15.0. The van der Waals surface area contributed by atoms with Gasteiger partial charge in [0.15, 0.2) is 0 Å². The Kier molecular flexibility index (Phi) is 3.89. The van der Waals surface area contributed by atoms with Crippen LogP contribution in [0.25, 0.3) is 10.9 Å². The van der Waals surface area contributed by atoms with Crippen molar-refractivity contribution in [3.8, 4) is 0 Å². The molecule has 0 spiro atoms. The summed E-state index contributed by atoms with van der Waals surface area (Å²) in [5.74, 6) is -0.808. The zero-order valence-corrected chi connectivity index (χ0v) is 10.0. The van der Waals surface area contributed by atoms with Crippen molar-refractivity contribution in [3.63, 3.8) is 0 Å². The lowest BCUT2D eigenvalue weighted by Crippen LogP contribution is -2.24. The van der Waals surface area contributed by atoms with E-state index in [-0.39, 0.29) is 12.5 Å². The molecule has 1 heterocycles. The number of hydrogen-bond donors (Lipinski definition) is 2. The van der Waals surface area contributed by atoms with Crippen LogP contribution < -0.4 is 5.73 Å². The first kappa shape index (κ1) is 12.5. The highest BCUT2D eigenvalue weighted by atomic mass is 16.4. The molecule has 4 heteroatoms. The van der Waals surface area contributed by atoms with Gasteiger partial charge in [-0.3, -0.25) is 9.78 Å². The molecule has 0 aliphatic heterocycles. The van der Waals surface area contributed by atoms with Gasteiger partial charge < -0.3 is 10.8 Å². The fourth-order valence-corrected chi connectivity index (χ4v) is 1.90. The number of carboxylic acids is 1. The Bertz CT molecular complexity index is 554. The van der Waals surface area contributed by atoms with Crippen LogP contribution in [-0.2, 0) is 11.2 Å². The molecule has 2 rings (SSSR count). The summed E-state index contributed by atoms with van der Waals surface area (Å²) in [6, 6.07) is 11.7. The van der Waals surface area contributed by atoms with E-state index in [1.165, 1.54) is 0 Å². The Labute approximate surface area is 105 Å². The molecule has 4 nitrogen and oxygen atoms in total. The zero-order valence-electron chi connectivity index (χ0n) is 10.0. The van der Waals surface area contributed by atoms with E-state index in [2.05, 4.69) is 4.98 Å². The summed E-state index contributed by atoms with van der Waals surface area (Å²) in [6.07, 6.45) is 1.19. The number of fused-ring (bicyclic) bond motifs is 1. The van der Waals surface area contributed by atoms with Gasteiger partial charge in [0.2, 0.25) is 0 Å². The first-order chi connectivity index (χ1) is 8.65. The van der Waals surface area contributed by atoms with E-state index < -0.39 is 5.97 Å². The number of pyridine rings is 1. The summed E-state index contributed by atoms with van der Waals surface area (Å²) in [6.45, 7) is 0. The molecule has 1 aromatic carbocycles. The van der Waals surface area contributed by atoms with Crippen LogP contribution in [0.4, 0.5) is 0 Å². The third-order valence-corrected chi connectivity index (χ3v) is 2.86. The number of para-hydroxylation sites is 1. The van der Waals surface area contributed by atoms with E-state index in [4.69, 9.17) is 10.8 Å². The number of nitrogens with zero attached hydrogens (tertiary/aromatic N) is 1. The van der Waals surface area contributed by atoms with Crippen LogP contribution in [0, 0.1) is 0 Å². The van der Waals surface area contributed by atoms with Crippen molar-refractivity contribution in [2.75, 3.05) is 0 Å². The van der Waals surface area contributed by atoms with Gasteiger partial charge in [0.05, 0.1) is 5.52 Å². The molecule has 0 radical (unpaired) electrons. The zero-order chi connectivity index (χ0) is 13.0. The monoisotopic (exact) mass is 244 g/mol. The van der Waals surface area contributed by atoms with Gasteiger partial charge in [-0.1, -0.05) is 24.3 Å². The third kappa shape index (κ3) is 3.28. The second kappa shape index (κ2) is 5.60. The first-order valence-electron chi connectivity index (χ1n) is 5.97. The lowest BCUT2D eigenvalue weighted by Gasteiger charge is -2.10. The molecule has 0 bridgehead atoms. The van der Waals surface area contributed by atoms with Crippen molar-refractivity contribution < 1.29 is 9.90 Å². The van der Waals surface area contributed by atoms with E-state index in [9.17, 15) is 4.79 Å². The minimum absolute atomic E-state index is 0.106. The first-order valence-corrected chi connectivity index (χ1v) is 5.97. The molecule has 18 heavy (non-hydrogen) atoms. The van der Waals surface area contributed by atoms with E-state index in [1.807, 2.05) is 36.4 Å². The highest BCUT2D eigenvalue weighted by Gasteiger charge is 2.08. The smallest absolute Gasteiger partial charge is 0.303 e. The van der Waals surface area contributed by atoms with Crippen molar-refractivity contribution in [3.05, 3.63) is 42.1 Å². The van der Waals surface area contributed by atoms with E-state index >= 15 is 0 Å². The average Bonchev–Trinajstić information content (AvgIpc) is 2.36. The van der Waals surface area contributed by atoms with Gasteiger partial charge in [0.25, 0.3) is 0 Å². The highest BCUT2D eigenvalue weighted by Crippen LogP contribution is 2.13. The molecule has 2 aromatic rings. The van der Waals surface area contributed by atoms with Crippen molar-refractivity contribution in [2.24, 2.45) is 5.73 Å². The molecule has 1 atom stereocenters. The fraction of sp³-hybridized carbons (Fsp3) is 0.286. The standard InChI is InChI=1S/C14H16N2O2/c15-11(6-8-14(17)18)9-12-7-5-10-3-1-2-4-13(10)16-12/h1-5,7,11H,6,8-9,15H2,(H,17,18). The number of hydrogen-bond acceptors (Lipinski definition) is 3. The second-order valence-corrected chi connectivity index (χ2v) is 4.39. The van der Waals surface area contributed by atoms with Gasteiger partial charge in [0, 0.05) is 30.0 Å². The molecule has 3 N–H and O–H groups in total. The third-order valence-electron chi connectivity index (χ3n) is 2.86. The van der Waals surface area contributed by atoms with E-state index in [0.29, 0.717) is 12.8 Å². The van der Waals surface area contributed by atoms with Crippen molar-refractivity contribution in [2.45, 2.75) is 25.3 Å². The SMILES string of the molecule is NC(CCC(=O)O)Cc1ccc2ccccc2n1. The molecule has 0 saturated carbocycles. The van der Waals surface area contributed by atoms with Gasteiger partial charge in [-0.05, 0) is 18.6 Å². The summed E-state index contributed by atoms with van der Waals surface area (Å²) >= 11 is 0. The largest absolute Gasteiger partial charge is 0.481 e. The number of benzene rings is 1. The summed E-state index contributed by atoms with van der Waals surface area (Å²) in [7, 11) is 0. The molecule has 1 aromatic heterocycles. The normalized spacial score (nSPS) is 12.5. The number of aromatic nitrogens is 1. The molecule has 0 aliphatic rings. The predicted octanol–water partition coefficient (Wildman–Crippen LogP) is 1.97. The quantitative estimate of drug-likeness (QED) is 0.843. The molecular formula is C14H16N2O2. The van der Waals surface area contributed by atoms with Crippen LogP contribution in [0.5, 0.6) is 0 Å². The lowest BCUT2D eigenvalue weighted by atomic mass is 10.1.